The number of hydrogen-bond donors (Lipinski definition) is 1. The van der Waals surface area contributed by atoms with Crippen molar-refractivity contribution in [3.05, 3.63) is 12.1 Å². The fourth-order valence-corrected chi connectivity index (χ4v) is 2.47. The maximum absolute atomic E-state index is 11.4. The molecule has 0 amide bonds. The van der Waals surface area contributed by atoms with E-state index in [1.54, 1.807) is 13.0 Å². The Labute approximate surface area is 107 Å². The van der Waals surface area contributed by atoms with Gasteiger partial charge >= 0.3 is 0 Å². The Bertz CT molecular complexity index is 480. The first-order valence-electron chi connectivity index (χ1n) is 6.20. The van der Waals surface area contributed by atoms with Crippen molar-refractivity contribution in [3.63, 3.8) is 0 Å². The van der Waals surface area contributed by atoms with E-state index in [2.05, 4.69) is 19.8 Å². The highest BCUT2D eigenvalue weighted by Gasteiger charge is 2.13. The van der Waals surface area contributed by atoms with E-state index >= 15 is 0 Å². The Morgan fingerprint density at radius 2 is 1.94 bits per heavy atom. The number of rotatable bonds is 4. The molecule has 0 atom stereocenters. The lowest BCUT2D eigenvalue weighted by Gasteiger charge is -2.27. The number of piperidine rings is 1. The van der Waals surface area contributed by atoms with E-state index < -0.39 is 10.0 Å². The Morgan fingerprint density at radius 1 is 1.22 bits per heavy atom. The number of aromatic nitrogens is 2. The number of hydrogen-bond acceptors (Lipinski definition) is 5. The van der Waals surface area contributed by atoms with Crippen LogP contribution in [0.3, 0.4) is 0 Å². The summed E-state index contributed by atoms with van der Waals surface area (Å²) in [6.45, 7) is 3.57. The predicted molar refractivity (Wildman–Crippen MR) is 71.2 cm³/mol. The number of nitrogens with zero attached hydrogens (tertiary/aromatic N) is 3. The van der Waals surface area contributed by atoms with Crippen molar-refractivity contribution >= 4 is 21.7 Å². The molecule has 1 aliphatic rings. The second-order valence-electron chi connectivity index (χ2n) is 4.33. The minimum Gasteiger partial charge on any atom is -0.355 e. The highest BCUT2D eigenvalue weighted by atomic mass is 32.2. The molecule has 0 aliphatic carbocycles. The molecule has 0 unspecified atom stereocenters. The monoisotopic (exact) mass is 270 g/mol. The molecule has 18 heavy (non-hydrogen) atoms. The summed E-state index contributed by atoms with van der Waals surface area (Å²) in [4.78, 5) is 2.18. The van der Waals surface area contributed by atoms with Crippen LogP contribution >= 0.6 is 0 Å². The average molecular weight is 270 g/mol. The van der Waals surface area contributed by atoms with Gasteiger partial charge in [-0.25, -0.2) is 8.42 Å². The van der Waals surface area contributed by atoms with Crippen LogP contribution in [0.1, 0.15) is 26.2 Å². The SMILES string of the molecule is CCS(=O)(=O)Nc1ccc(N2CCCCC2)nn1. The molecule has 2 rings (SSSR count). The molecule has 0 saturated carbocycles. The van der Waals surface area contributed by atoms with E-state index in [-0.39, 0.29) is 11.6 Å². The summed E-state index contributed by atoms with van der Waals surface area (Å²) in [5.41, 5.74) is 0. The molecule has 1 N–H and O–H groups in total. The van der Waals surface area contributed by atoms with E-state index in [0.717, 1.165) is 18.9 Å². The van der Waals surface area contributed by atoms with Gasteiger partial charge in [0.1, 0.15) is 0 Å². The summed E-state index contributed by atoms with van der Waals surface area (Å²) >= 11 is 0. The summed E-state index contributed by atoms with van der Waals surface area (Å²) in [5.74, 6) is 1.12. The third-order valence-corrected chi connectivity index (χ3v) is 4.25. The largest absolute Gasteiger partial charge is 0.355 e. The lowest BCUT2D eigenvalue weighted by Crippen LogP contribution is -2.30. The van der Waals surface area contributed by atoms with Crippen molar-refractivity contribution in [2.75, 3.05) is 28.5 Å². The van der Waals surface area contributed by atoms with E-state index in [1.807, 2.05) is 6.07 Å². The van der Waals surface area contributed by atoms with Crippen LogP contribution in [0.5, 0.6) is 0 Å². The zero-order valence-corrected chi connectivity index (χ0v) is 11.3. The molecule has 7 heteroatoms. The first kappa shape index (κ1) is 13.1. The smallest absolute Gasteiger partial charge is 0.233 e. The van der Waals surface area contributed by atoms with Gasteiger partial charge in [-0.1, -0.05) is 0 Å². The highest BCUT2D eigenvalue weighted by molar-refractivity contribution is 7.92. The molecule has 1 aromatic heterocycles. The van der Waals surface area contributed by atoms with Gasteiger partial charge in [-0.15, -0.1) is 10.2 Å². The van der Waals surface area contributed by atoms with Gasteiger partial charge in [0.15, 0.2) is 11.6 Å². The van der Waals surface area contributed by atoms with Crippen molar-refractivity contribution in [2.24, 2.45) is 0 Å². The number of nitrogens with one attached hydrogen (secondary N) is 1. The summed E-state index contributed by atoms with van der Waals surface area (Å²) in [7, 11) is -3.28. The fourth-order valence-electron chi connectivity index (χ4n) is 1.90. The maximum Gasteiger partial charge on any atom is 0.233 e. The van der Waals surface area contributed by atoms with E-state index in [1.165, 1.54) is 19.3 Å². The van der Waals surface area contributed by atoms with Gasteiger partial charge < -0.3 is 4.90 Å². The molecule has 1 aromatic rings. The topological polar surface area (TPSA) is 75.2 Å². The highest BCUT2D eigenvalue weighted by Crippen LogP contribution is 2.17. The first-order valence-corrected chi connectivity index (χ1v) is 7.85. The van der Waals surface area contributed by atoms with Gasteiger partial charge in [-0.05, 0) is 38.3 Å². The maximum atomic E-state index is 11.4. The minimum atomic E-state index is -3.28. The lowest BCUT2D eigenvalue weighted by atomic mass is 10.1. The third kappa shape index (κ3) is 3.32. The van der Waals surface area contributed by atoms with Crippen LogP contribution in [-0.2, 0) is 10.0 Å². The Morgan fingerprint density at radius 3 is 2.50 bits per heavy atom. The Kier molecular flexibility index (Phi) is 4.00. The average Bonchev–Trinajstić information content (AvgIpc) is 2.40. The zero-order chi connectivity index (χ0) is 13.0. The van der Waals surface area contributed by atoms with Gasteiger partial charge in [0.2, 0.25) is 10.0 Å². The van der Waals surface area contributed by atoms with Crippen LogP contribution in [0.4, 0.5) is 11.6 Å². The Balaban J connectivity index is 2.05. The second kappa shape index (κ2) is 5.51. The molecule has 100 valence electrons. The van der Waals surface area contributed by atoms with Crippen LogP contribution in [0, 0.1) is 0 Å². The third-order valence-electron chi connectivity index (χ3n) is 2.97. The lowest BCUT2D eigenvalue weighted by molar-refractivity contribution is 0.571. The summed E-state index contributed by atoms with van der Waals surface area (Å²) in [5, 5.41) is 7.97. The van der Waals surface area contributed by atoms with Gasteiger partial charge in [0.05, 0.1) is 5.75 Å². The van der Waals surface area contributed by atoms with Crippen molar-refractivity contribution in [1.82, 2.24) is 10.2 Å². The summed E-state index contributed by atoms with van der Waals surface area (Å²) in [6, 6.07) is 3.47. The van der Waals surface area contributed by atoms with Crippen molar-refractivity contribution in [2.45, 2.75) is 26.2 Å². The molecule has 0 bridgehead atoms. The van der Waals surface area contributed by atoms with E-state index in [4.69, 9.17) is 0 Å². The zero-order valence-electron chi connectivity index (χ0n) is 10.5. The van der Waals surface area contributed by atoms with Crippen LogP contribution in [0.15, 0.2) is 12.1 Å². The molecule has 1 fully saturated rings. The molecule has 1 saturated heterocycles. The predicted octanol–water partition coefficient (Wildman–Crippen LogP) is 1.23. The van der Waals surface area contributed by atoms with E-state index in [9.17, 15) is 8.42 Å². The number of anilines is 2. The van der Waals surface area contributed by atoms with Gasteiger partial charge in [-0.2, -0.15) is 0 Å². The molecule has 0 spiro atoms. The van der Waals surface area contributed by atoms with Crippen LogP contribution in [-0.4, -0.2) is 37.5 Å². The van der Waals surface area contributed by atoms with Gasteiger partial charge in [-0.3, -0.25) is 4.72 Å². The van der Waals surface area contributed by atoms with Crippen LogP contribution in [0.2, 0.25) is 0 Å². The van der Waals surface area contributed by atoms with Gasteiger partial charge in [0, 0.05) is 13.1 Å². The molecule has 0 radical (unpaired) electrons. The molecule has 6 nitrogen and oxygen atoms in total. The quantitative estimate of drug-likeness (QED) is 0.890. The molecule has 1 aliphatic heterocycles. The first-order chi connectivity index (χ1) is 8.61. The number of sulfonamides is 1. The molecule has 2 heterocycles. The fraction of sp³-hybridized carbons (Fsp3) is 0.636. The van der Waals surface area contributed by atoms with E-state index in [0.29, 0.717) is 0 Å². The van der Waals surface area contributed by atoms with Gasteiger partial charge in [0.25, 0.3) is 0 Å². The van der Waals surface area contributed by atoms with Crippen LogP contribution in [0.25, 0.3) is 0 Å². The summed E-state index contributed by atoms with van der Waals surface area (Å²) < 4.78 is 25.1. The van der Waals surface area contributed by atoms with Crippen molar-refractivity contribution < 1.29 is 8.42 Å². The molecular weight excluding hydrogens is 252 g/mol. The van der Waals surface area contributed by atoms with Crippen molar-refractivity contribution in [1.29, 1.82) is 0 Å². The normalized spacial score (nSPS) is 16.6. The second-order valence-corrected chi connectivity index (χ2v) is 6.34. The Hall–Kier alpha value is -1.37. The summed E-state index contributed by atoms with van der Waals surface area (Å²) in [6.07, 6.45) is 3.61. The standard InChI is InChI=1S/C11H18N4O2S/c1-2-18(16,17)14-10-6-7-11(13-12-10)15-8-4-3-5-9-15/h6-7H,2-5,8-9H2,1H3,(H,12,14). The van der Waals surface area contributed by atoms with Crippen LogP contribution < -0.4 is 9.62 Å². The minimum absolute atomic E-state index is 0.0303. The van der Waals surface area contributed by atoms with Crippen molar-refractivity contribution in [3.8, 4) is 0 Å². The molecular formula is C11H18N4O2S. The molecule has 0 aromatic carbocycles.